The number of benzene rings is 1. The first-order valence-electron chi connectivity index (χ1n) is 9.72. The molecular formula is C20H27NO6S. The number of methoxy groups -OCH3 is 1. The van der Waals surface area contributed by atoms with E-state index in [4.69, 9.17) is 4.74 Å². The van der Waals surface area contributed by atoms with Crippen molar-refractivity contribution in [1.82, 2.24) is 4.90 Å². The number of hydrogen-bond acceptors (Lipinski definition) is 6. The molecule has 7 nitrogen and oxygen atoms in total. The molecule has 1 heterocycles. The lowest BCUT2D eigenvalue weighted by molar-refractivity contribution is -0.138. The van der Waals surface area contributed by atoms with Crippen LogP contribution in [0.5, 0.6) is 5.75 Å². The summed E-state index contributed by atoms with van der Waals surface area (Å²) in [6, 6.07) is 6.22. The Kier molecular flexibility index (Phi) is 6.59. The van der Waals surface area contributed by atoms with Gasteiger partial charge in [-0.2, -0.15) is 0 Å². The van der Waals surface area contributed by atoms with Gasteiger partial charge in [-0.25, -0.2) is 13.2 Å². The standard InChI is InChI=1S/C20H27NO6S/c1-26-20(23)15-7-9-18(10-8-15)27-13-19(22)21(16-5-3-2-4-6-16)17-11-12-28(24,25)14-17/h7-10,16-17H,2-6,11-14H2,1H3/t17-/m1/s1. The second-order valence-electron chi connectivity index (χ2n) is 7.45. The fraction of sp³-hybridized carbons (Fsp3) is 0.600. The zero-order valence-electron chi connectivity index (χ0n) is 16.1. The summed E-state index contributed by atoms with van der Waals surface area (Å²) < 4.78 is 34.2. The first-order chi connectivity index (χ1) is 13.4. The number of ether oxygens (including phenoxy) is 2. The summed E-state index contributed by atoms with van der Waals surface area (Å²) in [6.07, 6.45) is 5.60. The molecule has 0 aromatic heterocycles. The van der Waals surface area contributed by atoms with Crippen LogP contribution in [0.3, 0.4) is 0 Å². The highest BCUT2D eigenvalue weighted by atomic mass is 32.2. The molecule has 0 N–H and O–H groups in total. The normalized spacial score (nSPS) is 21.8. The molecule has 1 aliphatic heterocycles. The molecule has 154 valence electrons. The van der Waals surface area contributed by atoms with Gasteiger partial charge in [0.25, 0.3) is 5.91 Å². The van der Waals surface area contributed by atoms with E-state index in [1.807, 2.05) is 0 Å². The molecule has 1 aliphatic carbocycles. The quantitative estimate of drug-likeness (QED) is 0.669. The molecule has 1 saturated carbocycles. The zero-order chi connectivity index (χ0) is 20.1. The van der Waals surface area contributed by atoms with E-state index in [0.717, 1.165) is 32.1 Å². The topological polar surface area (TPSA) is 90.0 Å². The highest BCUT2D eigenvalue weighted by Gasteiger charge is 2.38. The van der Waals surface area contributed by atoms with E-state index in [-0.39, 0.29) is 36.1 Å². The summed E-state index contributed by atoms with van der Waals surface area (Å²) in [5.74, 6) is 0.0517. The summed E-state index contributed by atoms with van der Waals surface area (Å²) >= 11 is 0. The van der Waals surface area contributed by atoms with E-state index < -0.39 is 15.8 Å². The van der Waals surface area contributed by atoms with Crippen molar-refractivity contribution >= 4 is 21.7 Å². The molecule has 0 bridgehead atoms. The van der Waals surface area contributed by atoms with Crippen molar-refractivity contribution in [2.45, 2.75) is 50.6 Å². The smallest absolute Gasteiger partial charge is 0.337 e. The average Bonchev–Trinajstić information content (AvgIpc) is 3.06. The molecule has 1 aromatic rings. The van der Waals surface area contributed by atoms with Crippen LogP contribution in [0.2, 0.25) is 0 Å². The highest BCUT2D eigenvalue weighted by molar-refractivity contribution is 7.91. The van der Waals surface area contributed by atoms with Crippen molar-refractivity contribution in [3.05, 3.63) is 29.8 Å². The minimum absolute atomic E-state index is 0.0447. The van der Waals surface area contributed by atoms with E-state index in [9.17, 15) is 18.0 Å². The van der Waals surface area contributed by atoms with E-state index in [2.05, 4.69) is 4.74 Å². The molecule has 1 atom stereocenters. The van der Waals surface area contributed by atoms with Gasteiger partial charge in [-0.05, 0) is 43.5 Å². The Balaban J connectivity index is 1.66. The lowest BCUT2D eigenvalue weighted by Gasteiger charge is -2.38. The Hall–Kier alpha value is -2.09. The Morgan fingerprint density at radius 2 is 1.71 bits per heavy atom. The van der Waals surface area contributed by atoms with Crippen LogP contribution in [-0.4, -0.2) is 62.5 Å². The number of rotatable bonds is 6. The summed E-state index contributed by atoms with van der Waals surface area (Å²) in [7, 11) is -1.76. The van der Waals surface area contributed by atoms with Gasteiger partial charge in [-0.3, -0.25) is 4.79 Å². The van der Waals surface area contributed by atoms with Gasteiger partial charge in [0.2, 0.25) is 0 Å². The number of amides is 1. The van der Waals surface area contributed by atoms with E-state index in [1.54, 1.807) is 29.2 Å². The van der Waals surface area contributed by atoms with Crippen LogP contribution in [0.15, 0.2) is 24.3 Å². The lowest BCUT2D eigenvalue weighted by Crippen LogP contribution is -2.50. The van der Waals surface area contributed by atoms with Gasteiger partial charge in [0.15, 0.2) is 16.4 Å². The molecule has 0 spiro atoms. The molecule has 0 unspecified atom stereocenters. The third-order valence-electron chi connectivity index (χ3n) is 5.50. The molecule has 0 radical (unpaired) electrons. The summed E-state index contributed by atoms with van der Waals surface area (Å²) in [5, 5.41) is 0. The number of sulfone groups is 1. The maximum Gasteiger partial charge on any atom is 0.337 e. The Morgan fingerprint density at radius 1 is 1.04 bits per heavy atom. The van der Waals surface area contributed by atoms with Gasteiger partial charge in [-0.15, -0.1) is 0 Å². The van der Waals surface area contributed by atoms with Gasteiger partial charge in [-0.1, -0.05) is 19.3 Å². The second kappa shape index (κ2) is 8.94. The van der Waals surface area contributed by atoms with Crippen molar-refractivity contribution in [2.24, 2.45) is 0 Å². The van der Waals surface area contributed by atoms with Crippen molar-refractivity contribution in [3.8, 4) is 5.75 Å². The van der Waals surface area contributed by atoms with Gasteiger partial charge in [0.05, 0.1) is 24.2 Å². The Morgan fingerprint density at radius 3 is 2.29 bits per heavy atom. The third kappa shape index (κ3) is 5.04. The van der Waals surface area contributed by atoms with Gasteiger partial charge >= 0.3 is 5.97 Å². The number of carbonyl (C=O) groups excluding carboxylic acids is 2. The van der Waals surface area contributed by atoms with Crippen molar-refractivity contribution in [3.63, 3.8) is 0 Å². The molecule has 1 amide bonds. The van der Waals surface area contributed by atoms with Gasteiger partial charge < -0.3 is 14.4 Å². The van der Waals surface area contributed by atoms with E-state index in [0.29, 0.717) is 17.7 Å². The van der Waals surface area contributed by atoms with Crippen LogP contribution in [0.1, 0.15) is 48.9 Å². The number of nitrogens with zero attached hydrogens (tertiary/aromatic N) is 1. The molecular weight excluding hydrogens is 382 g/mol. The van der Waals surface area contributed by atoms with Gasteiger partial charge in [0, 0.05) is 12.1 Å². The van der Waals surface area contributed by atoms with Crippen molar-refractivity contribution < 1.29 is 27.5 Å². The largest absolute Gasteiger partial charge is 0.484 e. The summed E-state index contributed by atoms with van der Waals surface area (Å²) in [4.78, 5) is 26.2. The molecule has 2 aliphatic rings. The predicted molar refractivity (Wildman–Crippen MR) is 104 cm³/mol. The monoisotopic (exact) mass is 409 g/mol. The van der Waals surface area contributed by atoms with Crippen LogP contribution in [0.4, 0.5) is 0 Å². The molecule has 3 rings (SSSR count). The molecule has 2 fully saturated rings. The summed E-state index contributed by atoms with van der Waals surface area (Å²) in [6.45, 7) is -0.148. The fourth-order valence-corrected chi connectivity index (χ4v) is 5.80. The van der Waals surface area contributed by atoms with Crippen LogP contribution in [0, 0.1) is 0 Å². The van der Waals surface area contributed by atoms with Crippen molar-refractivity contribution in [1.29, 1.82) is 0 Å². The number of carbonyl (C=O) groups is 2. The maximum atomic E-state index is 13.0. The van der Waals surface area contributed by atoms with Gasteiger partial charge in [0.1, 0.15) is 5.75 Å². The molecule has 1 saturated heterocycles. The lowest BCUT2D eigenvalue weighted by atomic mass is 9.93. The molecule has 28 heavy (non-hydrogen) atoms. The van der Waals surface area contributed by atoms with E-state index >= 15 is 0 Å². The zero-order valence-corrected chi connectivity index (χ0v) is 16.9. The van der Waals surface area contributed by atoms with Crippen LogP contribution < -0.4 is 4.74 Å². The molecule has 8 heteroatoms. The maximum absolute atomic E-state index is 13.0. The number of hydrogen-bond donors (Lipinski definition) is 0. The fourth-order valence-electron chi connectivity index (χ4n) is 4.08. The number of esters is 1. The SMILES string of the molecule is COC(=O)c1ccc(OCC(=O)N(C2CCCCC2)[C@@H]2CCS(=O)(=O)C2)cc1. The molecule has 1 aromatic carbocycles. The van der Waals surface area contributed by atoms with E-state index in [1.165, 1.54) is 7.11 Å². The minimum Gasteiger partial charge on any atom is -0.484 e. The average molecular weight is 410 g/mol. The van der Waals surface area contributed by atoms with Crippen LogP contribution in [0.25, 0.3) is 0 Å². The third-order valence-corrected chi connectivity index (χ3v) is 7.25. The second-order valence-corrected chi connectivity index (χ2v) is 9.68. The highest BCUT2D eigenvalue weighted by Crippen LogP contribution is 2.28. The first kappa shape index (κ1) is 20.6. The van der Waals surface area contributed by atoms with Crippen LogP contribution in [-0.2, 0) is 19.4 Å². The van der Waals surface area contributed by atoms with Crippen molar-refractivity contribution in [2.75, 3.05) is 25.2 Å². The van der Waals surface area contributed by atoms with Crippen LogP contribution >= 0.6 is 0 Å². The first-order valence-corrected chi connectivity index (χ1v) is 11.5. The Bertz CT molecular complexity index is 798. The Labute approximate surface area is 165 Å². The summed E-state index contributed by atoms with van der Waals surface area (Å²) in [5.41, 5.74) is 0.404. The minimum atomic E-state index is -3.07. The predicted octanol–water partition coefficient (Wildman–Crippen LogP) is 2.20.